The summed E-state index contributed by atoms with van der Waals surface area (Å²) in [5, 5.41) is 0. The molecule has 0 aliphatic carbocycles. The maximum Gasteiger partial charge on any atom is 0.139 e. The van der Waals surface area contributed by atoms with Gasteiger partial charge in [0.2, 0.25) is 0 Å². The van der Waals surface area contributed by atoms with E-state index in [2.05, 4.69) is 27.8 Å². The predicted octanol–water partition coefficient (Wildman–Crippen LogP) is 4.27. The van der Waals surface area contributed by atoms with E-state index in [9.17, 15) is 4.39 Å². The monoisotopic (exact) mass is 348 g/mol. The van der Waals surface area contributed by atoms with Crippen molar-refractivity contribution in [3.05, 3.63) is 28.2 Å². The van der Waals surface area contributed by atoms with Gasteiger partial charge in [-0.3, -0.25) is 0 Å². The van der Waals surface area contributed by atoms with Crippen LogP contribution in [-0.2, 0) is 10.6 Å². The average Bonchev–Trinajstić information content (AvgIpc) is 2.74. The summed E-state index contributed by atoms with van der Waals surface area (Å²) in [5.74, 6) is 0.747. The second kappa shape index (κ2) is 6.20. The van der Waals surface area contributed by atoms with Crippen molar-refractivity contribution in [1.82, 2.24) is 9.55 Å². The van der Waals surface area contributed by atoms with Crippen LogP contribution in [0, 0.1) is 5.82 Å². The fourth-order valence-electron chi connectivity index (χ4n) is 2.14. The number of fused-ring (bicyclic) bond motifs is 1. The van der Waals surface area contributed by atoms with Crippen LogP contribution in [-0.4, -0.2) is 23.3 Å². The SMILES string of the molecule is COCCC(C)n1c(CCl)nc2cc(Br)c(F)cc21. The Morgan fingerprint density at radius 1 is 1.53 bits per heavy atom. The van der Waals surface area contributed by atoms with E-state index in [1.807, 2.05) is 4.57 Å². The molecule has 1 aromatic heterocycles. The highest BCUT2D eigenvalue weighted by Gasteiger charge is 2.17. The molecule has 0 aliphatic rings. The molecule has 19 heavy (non-hydrogen) atoms. The van der Waals surface area contributed by atoms with E-state index in [1.54, 1.807) is 13.2 Å². The molecule has 0 N–H and O–H groups in total. The molecule has 1 aromatic carbocycles. The Labute approximate surface area is 124 Å². The van der Waals surface area contributed by atoms with Gasteiger partial charge in [0.1, 0.15) is 11.6 Å². The number of rotatable bonds is 5. The topological polar surface area (TPSA) is 27.1 Å². The minimum atomic E-state index is -0.297. The predicted molar refractivity (Wildman–Crippen MR) is 78.2 cm³/mol. The number of aromatic nitrogens is 2. The second-order valence-electron chi connectivity index (χ2n) is 4.42. The molecule has 0 aliphatic heterocycles. The number of nitrogens with zero attached hydrogens (tertiary/aromatic N) is 2. The molecule has 0 fully saturated rings. The van der Waals surface area contributed by atoms with Crippen molar-refractivity contribution >= 4 is 38.6 Å². The first-order chi connectivity index (χ1) is 9.08. The van der Waals surface area contributed by atoms with Crippen molar-refractivity contribution < 1.29 is 9.13 Å². The molecule has 2 rings (SSSR count). The van der Waals surface area contributed by atoms with Crippen LogP contribution in [0.15, 0.2) is 16.6 Å². The number of methoxy groups -OCH3 is 1. The lowest BCUT2D eigenvalue weighted by Crippen LogP contribution is -2.10. The molecule has 0 saturated heterocycles. The van der Waals surface area contributed by atoms with E-state index in [0.29, 0.717) is 17.0 Å². The molecular weight excluding hydrogens is 335 g/mol. The van der Waals surface area contributed by atoms with Gasteiger partial charge in [-0.25, -0.2) is 9.37 Å². The fourth-order valence-corrected chi connectivity index (χ4v) is 2.66. The first-order valence-electron chi connectivity index (χ1n) is 5.99. The van der Waals surface area contributed by atoms with E-state index in [0.717, 1.165) is 23.3 Å². The van der Waals surface area contributed by atoms with Gasteiger partial charge in [0.15, 0.2) is 0 Å². The van der Waals surface area contributed by atoms with Crippen LogP contribution in [0.2, 0.25) is 0 Å². The first kappa shape index (κ1) is 14.8. The van der Waals surface area contributed by atoms with E-state index < -0.39 is 0 Å². The Morgan fingerprint density at radius 3 is 2.89 bits per heavy atom. The van der Waals surface area contributed by atoms with Gasteiger partial charge in [0, 0.05) is 25.8 Å². The summed E-state index contributed by atoms with van der Waals surface area (Å²) in [5.41, 5.74) is 1.51. The van der Waals surface area contributed by atoms with Crippen LogP contribution >= 0.6 is 27.5 Å². The lowest BCUT2D eigenvalue weighted by Gasteiger charge is -2.16. The largest absolute Gasteiger partial charge is 0.385 e. The molecule has 1 atom stereocenters. The van der Waals surface area contributed by atoms with Crippen LogP contribution in [0.5, 0.6) is 0 Å². The smallest absolute Gasteiger partial charge is 0.139 e. The van der Waals surface area contributed by atoms with Gasteiger partial charge in [-0.15, -0.1) is 11.6 Å². The van der Waals surface area contributed by atoms with Crippen molar-refractivity contribution in [2.24, 2.45) is 0 Å². The molecule has 6 heteroatoms. The lowest BCUT2D eigenvalue weighted by molar-refractivity contribution is 0.181. The van der Waals surface area contributed by atoms with Gasteiger partial charge in [-0.1, -0.05) is 0 Å². The Balaban J connectivity index is 2.53. The van der Waals surface area contributed by atoms with E-state index in [1.165, 1.54) is 6.07 Å². The van der Waals surface area contributed by atoms with Crippen LogP contribution in [0.4, 0.5) is 4.39 Å². The zero-order chi connectivity index (χ0) is 14.0. The highest BCUT2D eigenvalue weighted by atomic mass is 79.9. The molecule has 0 spiro atoms. The molecule has 0 saturated carbocycles. The molecule has 1 heterocycles. The summed E-state index contributed by atoms with van der Waals surface area (Å²) in [6.45, 7) is 2.69. The number of alkyl halides is 1. The van der Waals surface area contributed by atoms with Crippen molar-refractivity contribution in [3.8, 4) is 0 Å². The van der Waals surface area contributed by atoms with Crippen LogP contribution in [0.3, 0.4) is 0 Å². The number of benzene rings is 1. The van der Waals surface area contributed by atoms with E-state index in [-0.39, 0.29) is 11.9 Å². The highest BCUT2D eigenvalue weighted by Crippen LogP contribution is 2.28. The third kappa shape index (κ3) is 2.93. The van der Waals surface area contributed by atoms with Crippen molar-refractivity contribution in [2.45, 2.75) is 25.3 Å². The lowest BCUT2D eigenvalue weighted by atomic mass is 10.2. The molecule has 0 amide bonds. The number of halogens is 3. The Kier molecular flexibility index (Phi) is 4.81. The maximum absolute atomic E-state index is 13.7. The van der Waals surface area contributed by atoms with Gasteiger partial charge >= 0.3 is 0 Å². The Morgan fingerprint density at radius 2 is 2.26 bits per heavy atom. The zero-order valence-corrected chi connectivity index (χ0v) is 13.1. The Bertz CT molecular complexity index is 588. The van der Waals surface area contributed by atoms with Crippen LogP contribution < -0.4 is 0 Å². The highest BCUT2D eigenvalue weighted by molar-refractivity contribution is 9.10. The zero-order valence-electron chi connectivity index (χ0n) is 10.8. The van der Waals surface area contributed by atoms with Gasteiger partial charge in [0.25, 0.3) is 0 Å². The van der Waals surface area contributed by atoms with Crippen molar-refractivity contribution in [1.29, 1.82) is 0 Å². The quantitative estimate of drug-likeness (QED) is 0.754. The summed E-state index contributed by atoms with van der Waals surface area (Å²) in [6.07, 6.45) is 0.823. The number of ether oxygens (including phenoxy) is 1. The van der Waals surface area contributed by atoms with Gasteiger partial charge in [-0.2, -0.15) is 0 Å². The van der Waals surface area contributed by atoms with Crippen molar-refractivity contribution in [2.75, 3.05) is 13.7 Å². The summed E-state index contributed by atoms with van der Waals surface area (Å²) in [6, 6.07) is 3.32. The van der Waals surface area contributed by atoms with E-state index in [4.69, 9.17) is 16.3 Å². The molecule has 3 nitrogen and oxygen atoms in total. The number of hydrogen-bond acceptors (Lipinski definition) is 2. The number of imidazole rings is 1. The van der Waals surface area contributed by atoms with Gasteiger partial charge in [0.05, 0.1) is 21.4 Å². The van der Waals surface area contributed by atoms with Crippen molar-refractivity contribution in [3.63, 3.8) is 0 Å². The van der Waals surface area contributed by atoms with Gasteiger partial charge < -0.3 is 9.30 Å². The van der Waals surface area contributed by atoms with E-state index >= 15 is 0 Å². The average molecular weight is 350 g/mol. The molecular formula is C13H15BrClFN2O. The van der Waals surface area contributed by atoms with Crippen LogP contribution in [0.25, 0.3) is 11.0 Å². The maximum atomic E-state index is 13.7. The first-order valence-corrected chi connectivity index (χ1v) is 7.32. The summed E-state index contributed by atoms with van der Waals surface area (Å²) >= 11 is 9.11. The van der Waals surface area contributed by atoms with Gasteiger partial charge in [-0.05, 0) is 35.3 Å². The Hall–Kier alpha value is -0.650. The molecule has 104 valence electrons. The second-order valence-corrected chi connectivity index (χ2v) is 5.54. The third-order valence-electron chi connectivity index (χ3n) is 3.10. The summed E-state index contributed by atoms with van der Waals surface area (Å²) < 4.78 is 21.2. The normalized spacial score (nSPS) is 13.1. The minimum absolute atomic E-state index is 0.152. The minimum Gasteiger partial charge on any atom is -0.385 e. The fraction of sp³-hybridized carbons (Fsp3) is 0.462. The third-order valence-corrected chi connectivity index (χ3v) is 3.95. The molecule has 0 bridgehead atoms. The number of hydrogen-bond donors (Lipinski definition) is 0. The molecule has 0 radical (unpaired) electrons. The van der Waals surface area contributed by atoms with Crippen LogP contribution in [0.1, 0.15) is 25.2 Å². The summed E-state index contributed by atoms with van der Waals surface area (Å²) in [7, 11) is 1.66. The standard InChI is InChI=1S/C13H15BrClFN2O/c1-8(3-4-19-2)18-12-6-10(16)9(14)5-11(12)17-13(18)7-15/h5-6,8H,3-4,7H2,1-2H3. The molecule has 1 unspecified atom stereocenters. The molecule has 2 aromatic rings. The summed E-state index contributed by atoms with van der Waals surface area (Å²) in [4.78, 5) is 4.46.